The summed E-state index contributed by atoms with van der Waals surface area (Å²) >= 11 is 0. The first-order valence-electron chi connectivity index (χ1n) is 4.43. The summed E-state index contributed by atoms with van der Waals surface area (Å²) in [5.41, 5.74) is 5.10. The second kappa shape index (κ2) is 5.66. The van der Waals surface area contributed by atoms with Gasteiger partial charge in [-0.05, 0) is 19.9 Å². The molecule has 0 aromatic carbocycles. The highest BCUT2D eigenvalue weighted by Crippen LogP contribution is 2.21. The molecule has 0 aliphatic carbocycles. The second-order valence-corrected chi connectivity index (χ2v) is 5.17. The van der Waals surface area contributed by atoms with Crippen LogP contribution in [-0.2, 0) is 10.0 Å². The van der Waals surface area contributed by atoms with Crippen molar-refractivity contribution < 1.29 is 21.6 Å². The van der Waals surface area contributed by atoms with Crippen LogP contribution in [0.25, 0.3) is 0 Å². The van der Waals surface area contributed by atoms with Crippen molar-refractivity contribution in [2.75, 3.05) is 12.3 Å². The van der Waals surface area contributed by atoms with Crippen molar-refractivity contribution in [3.05, 3.63) is 0 Å². The summed E-state index contributed by atoms with van der Waals surface area (Å²) in [6, 6.07) is -1.15. The summed E-state index contributed by atoms with van der Waals surface area (Å²) in [7, 11) is -3.65. The Labute approximate surface area is 87.1 Å². The normalized spacial score (nSPS) is 15.3. The topological polar surface area (TPSA) is 72.2 Å². The lowest BCUT2D eigenvalue weighted by atomic mass is 10.2. The third-order valence-corrected chi connectivity index (χ3v) is 3.12. The maximum atomic E-state index is 11.9. The van der Waals surface area contributed by atoms with Crippen LogP contribution in [-0.4, -0.2) is 32.9 Å². The minimum Gasteiger partial charge on any atom is -0.330 e. The molecule has 92 valence electrons. The third-order valence-electron chi connectivity index (χ3n) is 1.54. The summed E-state index contributed by atoms with van der Waals surface area (Å²) in [4.78, 5) is 0. The van der Waals surface area contributed by atoms with Crippen LogP contribution >= 0.6 is 0 Å². The molecule has 1 unspecified atom stereocenters. The van der Waals surface area contributed by atoms with E-state index in [1.54, 1.807) is 0 Å². The van der Waals surface area contributed by atoms with Crippen LogP contribution in [0, 0.1) is 0 Å². The second-order valence-electron chi connectivity index (χ2n) is 3.30. The predicted molar refractivity (Wildman–Crippen MR) is 50.7 cm³/mol. The van der Waals surface area contributed by atoms with Crippen molar-refractivity contribution >= 4 is 10.0 Å². The zero-order valence-corrected chi connectivity index (χ0v) is 9.16. The van der Waals surface area contributed by atoms with Crippen LogP contribution in [0.1, 0.15) is 19.8 Å². The van der Waals surface area contributed by atoms with Crippen LogP contribution < -0.4 is 10.5 Å². The lowest BCUT2D eigenvalue weighted by Crippen LogP contribution is -2.37. The standard InChI is InChI=1S/C7H15F3N2O2S/c1-6(5-7(8,9)10)12-15(13,14)4-2-3-11/h6,12H,2-5,11H2,1H3. The maximum Gasteiger partial charge on any atom is 0.390 e. The van der Waals surface area contributed by atoms with E-state index in [2.05, 4.69) is 0 Å². The van der Waals surface area contributed by atoms with E-state index in [0.29, 0.717) is 0 Å². The molecule has 0 saturated heterocycles. The summed E-state index contributed by atoms with van der Waals surface area (Å²) in [6.45, 7) is 1.36. The highest BCUT2D eigenvalue weighted by atomic mass is 32.2. The highest BCUT2D eigenvalue weighted by molar-refractivity contribution is 7.89. The van der Waals surface area contributed by atoms with Gasteiger partial charge in [0.2, 0.25) is 10.0 Å². The van der Waals surface area contributed by atoms with E-state index in [0.717, 1.165) is 0 Å². The van der Waals surface area contributed by atoms with Crippen LogP contribution in [0.2, 0.25) is 0 Å². The number of nitrogens with one attached hydrogen (secondary N) is 1. The minimum absolute atomic E-state index is 0.189. The predicted octanol–water partition coefficient (Wildman–Crippen LogP) is 0.596. The first-order chi connectivity index (χ1) is 6.66. The van der Waals surface area contributed by atoms with Gasteiger partial charge in [0.25, 0.3) is 0 Å². The fourth-order valence-corrected chi connectivity index (χ4v) is 2.39. The lowest BCUT2D eigenvalue weighted by molar-refractivity contribution is -0.137. The van der Waals surface area contributed by atoms with Crippen LogP contribution in [0.4, 0.5) is 13.2 Å². The van der Waals surface area contributed by atoms with E-state index in [1.807, 2.05) is 4.72 Å². The molecule has 0 aromatic heterocycles. The molecule has 0 radical (unpaired) electrons. The number of nitrogens with two attached hydrogens (primary N) is 1. The van der Waals surface area contributed by atoms with E-state index in [1.165, 1.54) is 6.92 Å². The summed E-state index contributed by atoms with van der Waals surface area (Å²) in [5, 5.41) is 0. The van der Waals surface area contributed by atoms with E-state index >= 15 is 0 Å². The molecule has 0 saturated carbocycles. The van der Waals surface area contributed by atoms with Gasteiger partial charge in [-0.25, -0.2) is 13.1 Å². The van der Waals surface area contributed by atoms with Gasteiger partial charge in [0.15, 0.2) is 0 Å². The van der Waals surface area contributed by atoms with Gasteiger partial charge in [-0.2, -0.15) is 13.2 Å². The van der Waals surface area contributed by atoms with Crippen molar-refractivity contribution in [2.24, 2.45) is 5.73 Å². The molecule has 8 heteroatoms. The number of halogens is 3. The Morgan fingerprint density at radius 1 is 1.40 bits per heavy atom. The number of rotatable bonds is 6. The van der Waals surface area contributed by atoms with Crippen molar-refractivity contribution in [1.29, 1.82) is 0 Å². The molecule has 0 aliphatic rings. The Hall–Kier alpha value is -0.340. The SMILES string of the molecule is CC(CC(F)(F)F)NS(=O)(=O)CCCN. The van der Waals surface area contributed by atoms with Gasteiger partial charge in [-0.3, -0.25) is 0 Å². The lowest BCUT2D eigenvalue weighted by Gasteiger charge is -2.15. The van der Waals surface area contributed by atoms with E-state index in [9.17, 15) is 21.6 Å². The molecule has 0 aliphatic heterocycles. The van der Waals surface area contributed by atoms with Gasteiger partial charge in [0.05, 0.1) is 12.2 Å². The average molecular weight is 248 g/mol. The minimum atomic E-state index is -4.37. The van der Waals surface area contributed by atoms with Crippen molar-refractivity contribution in [2.45, 2.75) is 32.0 Å². The fraction of sp³-hybridized carbons (Fsp3) is 1.00. The molecule has 0 bridgehead atoms. The summed E-state index contributed by atoms with van der Waals surface area (Å²) in [6.07, 6.45) is -5.31. The Bertz CT molecular complexity index is 276. The monoisotopic (exact) mass is 248 g/mol. The average Bonchev–Trinajstić information content (AvgIpc) is 1.95. The van der Waals surface area contributed by atoms with Gasteiger partial charge in [0.1, 0.15) is 0 Å². The number of hydrogen-bond donors (Lipinski definition) is 2. The molecule has 0 heterocycles. The molecule has 0 spiro atoms. The Balaban J connectivity index is 4.11. The molecule has 0 aromatic rings. The van der Waals surface area contributed by atoms with Gasteiger partial charge in [0, 0.05) is 6.04 Å². The first kappa shape index (κ1) is 14.7. The number of hydrogen-bond acceptors (Lipinski definition) is 3. The molecule has 3 N–H and O–H groups in total. The zero-order valence-electron chi connectivity index (χ0n) is 8.34. The molecular weight excluding hydrogens is 233 g/mol. The molecular formula is C7H15F3N2O2S. The van der Waals surface area contributed by atoms with Gasteiger partial charge in [-0.15, -0.1) is 0 Å². The molecule has 0 fully saturated rings. The summed E-state index contributed by atoms with van der Waals surface area (Å²) < 4.78 is 59.9. The van der Waals surface area contributed by atoms with Gasteiger partial charge >= 0.3 is 6.18 Å². The zero-order chi connectivity index (χ0) is 12.1. The smallest absolute Gasteiger partial charge is 0.330 e. The van der Waals surface area contributed by atoms with Crippen molar-refractivity contribution in [1.82, 2.24) is 4.72 Å². The summed E-state index contributed by atoms with van der Waals surface area (Å²) in [5.74, 6) is -0.244. The van der Waals surface area contributed by atoms with Crippen LogP contribution in [0.15, 0.2) is 0 Å². The largest absolute Gasteiger partial charge is 0.390 e. The quantitative estimate of drug-likeness (QED) is 0.723. The molecule has 15 heavy (non-hydrogen) atoms. The fourth-order valence-electron chi connectivity index (χ4n) is 1.03. The molecule has 0 amide bonds. The van der Waals surface area contributed by atoms with Crippen LogP contribution in [0.3, 0.4) is 0 Å². The van der Waals surface area contributed by atoms with Crippen LogP contribution in [0.5, 0.6) is 0 Å². The highest BCUT2D eigenvalue weighted by Gasteiger charge is 2.31. The van der Waals surface area contributed by atoms with E-state index < -0.39 is 28.7 Å². The number of alkyl halides is 3. The molecule has 1 atom stereocenters. The Kier molecular flexibility index (Phi) is 5.54. The molecule has 4 nitrogen and oxygen atoms in total. The van der Waals surface area contributed by atoms with Crippen molar-refractivity contribution in [3.8, 4) is 0 Å². The third kappa shape index (κ3) is 8.64. The Morgan fingerprint density at radius 2 is 1.93 bits per heavy atom. The molecule has 0 rings (SSSR count). The van der Waals surface area contributed by atoms with E-state index in [4.69, 9.17) is 5.73 Å². The van der Waals surface area contributed by atoms with Gasteiger partial charge < -0.3 is 5.73 Å². The van der Waals surface area contributed by atoms with Crippen molar-refractivity contribution in [3.63, 3.8) is 0 Å². The van der Waals surface area contributed by atoms with E-state index in [-0.39, 0.29) is 18.7 Å². The maximum absolute atomic E-state index is 11.9. The Morgan fingerprint density at radius 3 is 2.33 bits per heavy atom. The number of sulfonamides is 1. The van der Waals surface area contributed by atoms with Gasteiger partial charge in [-0.1, -0.05) is 0 Å². The first-order valence-corrected chi connectivity index (χ1v) is 6.08.